The Morgan fingerprint density at radius 1 is 1.17 bits per heavy atom. The van der Waals surface area contributed by atoms with E-state index < -0.39 is 0 Å². The molecule has 0 saturated carbocycles. The van der Waals surface area contributed by atoms with Crippen molar-refractivity contribution >= 4 is 57.8 Å². The molecule has 0 atom stereocenters. The van der Waals surface area contributed by atoms with Gasteiger partial charge in [-0.05, 0) is 42.5 Å². The molecule has 1 fully saturated rings. The van der Waals surface area contributed by atoms with Crippen LogP contribution in [0.3, 0.4) is 0 Å². The number of benzene rings is 1. The van der Waals surface area contributed by atoms with E-state index in [2.05, 4.69) is 5.32 Å². The molecular formula is C19H18ClN3O4S2. The molecule has 1 aromatic carbocycles. The molecule has 1 saturated heterocycles. The highest BCUT2D eigenvalue weighted by atomic mass is 35.5. The predicted octanol–water partition coefficient (Wildman–Crippen LogP) is 3.11. The molecule has 0 bridgehead atoms. The largest absolute Gasteiger partial charge is 0.354 e. The van der Waals surface area contributed by atoms with Crippen LogP contribution in [0.1, 0.15) is 17.7 Å². The fourth-order valence-corrected chi connectivity index (χ4v) is 4.44. The Labute approximate surface area is 180 Å². The quantitative estimate of drug-likeness (QED) is 0.653. The van der Waals surface area contributed by atoms with E-state index in [0.717, 1.165) is 39.3 Å². The first-order valence-corrected chi connectivity index (χ1v) is 10.8. The number of nitrogens with zero attached hydrogens (tertiary/aromatic N) is 2. The normalized spacial score (nSPS) is 15.4. The van der Waals surface area contributed by atoms with Crippen molar-refractivity contribution in [1.82, 2.24) is 14.8 Å². The minimum Gasteiger partial charge on any atom is -0.354 e. The molecule has 1 aliphatic rings. The van der Waals surface area contributed by atoms with E-state index in [1.807, 2.05) is 6.92 Å². The van der Waals surface area contributed by atoms with E-state index in [0.29, 0.717) is 16.5 Å². The minimum absolute atomic E-state index is 0.0891. The zero-order chi connectivity index (χ0) is 21.0. The molecular weight excluding hydrogens is 434 g/mol. The van der Waals surface area contributed by atoms with Crippen LogP contribution in [0.2, 0.25) is 5.02 Å². The van der Waals surface area contributed by atoms with Gasteiger partial charge in [-0.3, -0.25) is 24.1 Å². The Hall–Kier alpha value is -2.36. The molecule has 1 aliphatic heterocycles. The number of aryl methyl sites for hydroxylation is 1. The zero-order valence-electron chi connectivity index (χ0n) is 15.5. The molecule has 0 unspecified atom stereocenters. The van der Waals surface area contributed by atoms with Gasteiger partial charge in [0.1, 0.15) is 0 Å². The second-order valence-electron chi connectivity index (χ2n) is 6.28. The molecule has 2 aromatic rings. The van der Waals surface area contributed by atoms with Crippen molar-refractivity contribution in [2.45, 2.75) is 19.9 Å². The van der Waals surface area contributed by atoms with Gasteiger partial charge in [0.2, 0.25) is 5.91 Å². The zero-order valence-corrected chi connectivity index (χ0v) is 17.9. The number of carbonyl (C=O) groups is 3. The fourth-order valence-electron chi connectivity index (χ4n) is 2.69. The van der Waals surface area contributed by atoms with Crippen LogP contribution in [-0.2, 0) is 16.1 Å². The van der Waals surface area contributed by atoms with Crippen LogP contribution in [-0.4, -0.2) is 39.6 Å². The maximum Gasteiger partial charge on any atom is 0.307 e. The van der Waals surface area contributed by atoms with E-state index >= 15 is 0 Å². The van der Waals surface area contributed by atoms with Crippen LogP contribution in [0.15, 0.2) is 39.3 Å². The maximum absolute atomic E-state index is 12.5. The number of amides is 3. The Morgan fingerprint density at radius 2 is 1.90 bits per heavy atom. The smallest absolute Gasteiger partial charge is 0.307 e. The molecule has 10 heteroatoms. The Kier molecular flexibility index (Phi) is 6.94. The van der Waals surface area contributed by atoms with Gasteiger partial charge in [-0.2, -0.15) is 0 Å². The lowest BCUT2D eigenvalue weighted by atomic mass is 10.2. The Bertz CT molecular complexity index is 1030. The summed E-state index contributed by atoms with van der Waals surface area (Å²) in [7, 11) is 0. The molecule has 0 aliphatic carbocycles. The third-order valence-corrected chi connectivity index (χ3v) is 6.28. The van der Waals surface area contributed by atoms with E-state index in [1.165, 1.54) is 0 Å². The van der Waals surface area contributed by atoms with Gasteiger partial charge in [0.25, 0.3) is 11.1 Å². The number of aromatic nitrogens is 1. The summed E-state index contributed by atoms with van der Waals surface area (Å²) in [6.07, 6.45) is 1.79. The number of hydrogen-bond acceptors (Lipinski definition) is 6. The highest BCUT2D eigenvalue weighted by Crippen LogP contribution is 2.32. The van der Waals surface area contributed by atoms with Gasteiger partial charge in [-0.1, -0.05) is 35.1 Å². The topological polar surface area (TPSA) is 88.5 Å². The van der Waals surface area contributed by atoms with Crippen molar-refractivity contribution < 1.29 is 14.4 Å². The third-order valence-electron chi connectivity index (χ3n) is 4.24. The van der Waals surface area contributed by atoms with Gasteiger partial charge < -0.3 is 9.88 Å². The lowest BCUT2D eigenvalue weighted by Gasteiger charge is -2.13. The SMILES string of the molecule is Cc1csc(=O)n1CCC(=O)NCCN1C(=O)S/C(=C/c2ccc(Cl)cc2)C1=O. The van der Waals surface area contributed by atoms with Gasteiger partial charge >= 0.3 is 4.87 Å². The summed E-state index contributed by atoms with van der Waals surface area (Å²) in [6, 6.07) is 6.94. The maximum atomic E-state index is 12.5. The second-order valence-corrected chi connectivity index (χ2v) is 8.53. The molecule has 7 nitrogen and oxygen atoms in total. The first kappa shape index (κ1) is 21.4. The van der Waals surface area contributed by atoms with E-state index in [-0.39, 0.29) is 41.4 Å². The van der Waals surface area contributed by atoms with Gasteiger partial charge in [0, 0.05) is 42.2 Å². The summed E-state index contributed by atoms with van der Waals surface area (Å²) in [5.74, 6) is -0.629. The van der Waals surface area contributed by atoms with Crippen LogP contribution in [0, 0.1) is 6.92 Å². The molecule has 2 heterocycles. The van der Waals surface area contributed by atoms with E-state index in [4.69, 9.17) is 11.6 Å². The number of halogens is 1. The molecule has 0 radical (unpaired) electrons. The predicted molar refractivity (Wildman–Crippen MR) is 115 cm³/mol. The number of imide groups is 1. The van der Waals surface area contributed by atoms with Crippen LogP contribution in [0.5, 0.6) is 0 Å². The minimum atomic E-state index is -0.385. The summed E-state index contributed by atoms with van der Waals surface area (Å²) >= 11 is 7.81. The average molecular weight is 452 g/mol. The van der Waals surface area contributed by atoms with Crippen LogP contribution in [0.25, 0.3) is 6.08 Å². The summed E-state index contributed by atoms with van der Waals surface area (Å²) < 4.78 is 1.54. The van der Waals surface area contributed by atoms with Crippen LogP contribution >= 0.6 is 34.7 Å². The van der Waals surface area contributed by atoms with Crippen molar-refractivity contribution in [1.29, 1.82) is 0 Å². The van der Waals surface area contributed by atoms with Gasteiger partial charge in [0.05, 0.1) is 4.91 Å². The average Bonchev–Trinajstić information content (AvgIpc) is 3.14. The monoisotopic (exact) mass is 451 g/mol. The standard InChI is InChI=1S/C19H18ClN3O4S2/c1-12-11-28-18(26)22(12)8-6-16(24)21-7-9-23-17(25)15(29-19(23)27)10-13-2-4-14(20)5-3-13/h2-5,10-11H,6-9H2,1H3,(H,21,24)/b15-10+. The first-order valence-electron chi connectivity index (χ1n) is 8.77. The van der Waals surface area contributed by atoms with Crippen LogP contribution in [0.4, 0.5) is 4.79 Å². The number of carbonyl (C=O) groups excluding carboxylic acids is 3. The molecule has 152 valence electrons. The number of hydrogen-bond donors (Lipinski definition) is 1. The third kappa shape index (κ3) is 5.37. The Morgan fingerprint density at radius 3 is 2.55 bits per heavy atom. The van der Waals surface area contributed by atoms with Crippen molar-refractivity contribution in [2.75, 3.05) is 13.1 Å². The number of thiazole rings is 1. The fraction of sp³-hybridized carbons (Fsp3) is 0.263. The molecule has 1 aromatic heterocycles. The van der Waals surface area contributed by atoms with Crippen molar-refractivity contribution in [3.05, 3.63) is 60.5 Å². The highest BCUT2D eigenvalue weighted by molar-refractivity contribution is 8.18. The van der Waals surface area contributed by atoms with E-state index in [1.54, 1.807) is 40.3 Å². The van der Waals surface area contributed by atoms with Crippen molar-refractivity contribution in [2.24, 2.45) is 0 Å². The van der Waals surface area contributed by atoms with Crippen molar-refractivity contribution in [3.8, 4) is 0 Å². The lowest BCUT2D eigenvalue weighted by Crippen LogP contribution is -2.37. The number of rotatable bonds is 7. The first-order chi connectivity index (χ1) is 13.8. The molecule has 29 heavy (non-hydrogen) atoms. The Balaban J connectivity index is 1.49. The summed E-state index contributed by atoms with van der Waals surface area (Å²) in [4.78, 5) is 49.6. The summed E-state index contributed by atoms with van der Waals surface area (Å²) in [5, 5.41) is 4.65. The van der Waals surface area contributed by atoms with Gasteiger partial charge in [0.15, 0.2) is 0 Å². The molecule has 1 N–H and O–H groups in total. The summed E-state index contributed by atoms with van der Waals surface area (Å²) in [6.45, 7) is 2.35. The molecule has 3 rings (SSSR count). The second kappa shape index (κ2) is 9.43. The van der Waals surface area contributed by atoms with E-state index in [9.17, 15) is 19.2 Å². The summed E-state index contributed by atoms with van der Waals surface area (Å²) in [5.41, 5.74) is 1.59. The number of nitrogens with one attached hydrogen (secondary N) is 1. The van der Waals surface area contributed by atoms with Gasteiger partial charge in [-0.15, -0.1) is 0 Å². The highest BCUT2D eigenvalue weighted by Gasteiger charge is 2.34. The number of thioether (sulfide) groups is 1. The van der Waals surface area contributed by atoms with Crippen LogP contribution < -0.4 is 10.2 Å². The van der Waals surface area contributed by atoms with Crippen molar-refractivity contribution in [3.63, 3.8) is 0 Å². The lowest BCUT2D eigenvalue weighted by molar-refractivity contribution is -0.124. The molecule has 0 spiro atoms. The van der Waals surface area contributed by atoms with Gasteiger partial charge in [-0.25, -0.2) is 0 Å². The molecule has 3 amide bonds.